The van der Waals surface area contributed by atoms with Crippen molar-refractivity contribution < 1.29 is 9.47 Å². The summed E-state index contributed by atoms with van der Waals surface area (Å²) in [6, 6.07) is 9.63. The molecule has 0 aliphatic carbocycles. The molecule has 0 spiro atoms. The van der Waals surface area contributed by atoms with Crippen LogP contribution in [0.1, 0.15) is 18.9 Å². The first kappa shape index (κ1) is 15.6. The molecule has 5 heteroatoms. The minimum atomic E-state index is 0.429. The molecule has 0 saturated carbocycles. The summed E-state index contributed by atoms with van der Waals surface area (Å²) < 4.78 is 12.1. The van der Waals surface area contributed by atoms with Gasteiger partial charge >= 0.3 is 0 Å². The number of rotatable bonds is 7. The first-order valence-electron chi connectivity index (χ1n) is 6.89. The summed E-state index contributed by atoms with van der Waals surface area (Å²) in [4.78, 5) is 4.36. The maximum atomic E-state index is 5.91. The van der Waals surface area contributed by atoms with Gasteiger partial charge in [0.1, 0.15) is 12.4 Å². The summed E-state index contributed by atoms with van der Waals surface area (Å²) in [6.07, 6.45) is 2.83. The topological polar surface area (TPSA) is 43.4 Å². The van der Waals surface area contributed by atoms with Crippen LogP contribution in [0.15, 0.2) is 41.0 Å². The Morgan fingerprint density at radius 3 is 2.86 bits per heavy atom. The van der Waals surface area contributed by atoms with Crippen LogP contribution >= 0.6 is 15.9 Å². The quantitative estimate of drug-likeness (QED) is 0.810. The number of para-hydroxylation sites is 1. The molecule has 112 valence electrons. The molecule has 2 aromatic rings. The van der Waals surface area contributed by atoms with Crippen LogP contribution in [0.25, 0.3) is 0 Å². The number of halogens is 1. The monoisotopic (exact) mass is 350 g/mol. The fourth-order valence-electron chi connectivity index (χ4n) is 1.90. The van der Waals surface area contributed by atoms with E-state index in [4.69, 9.17) is 9.47 Å². The normalized spacial score (nSPS) is 10.2. The Hall–Kier alpha value is -1.75. The lowest BCUT2D eigenvalue weighted by atomic mass is 10.2. The zero-order valence-electron chi connectivity index (χ0n) is 12.2. The van der Waals surface area contributed by atoms with E-state index < -0.39 is 0 Å². The molecule has 21 heavy (non-hydrogen) atoms. The highest BCUT2D eigenvalue weighted by atomic mass is 79.9. The van der Waals surface area contributed by atoms with Crippen molar-refractivity contribution in [3.8, 4) is 11.5 Å². The zero-order valence-corrected chi connectivity index (χ0v) is 13.8. The molecule has 1 heterocycles. The van der Waals surface area contributed by atoms with Crippen molar-refractivity contribution in [1.82, 2.24) is 4.98 Å². The molecule has 0 bridgehead atoms. The third-order valence-corrected chi connectivity index (χ3v) is 3.58. The van der Waals surface area contributed by atoms with Gasteiger partial charge in [0.05, 0.1) is 11.6 Å². The summed E-state index contributed by atoms with van der Waals surface area (Å²) in [6.45, 7) is 3.44. The predicted molar refractivity (Wildman–Crippen MR) is 88.0 cm³/mol. The van der Waals surface area contributed by atoms with Gasteiger partial charge in [-0.05, 0) is 40.5 Å². The van der Waals surface area contributed by atoms with Gasteiger partial charge in [-0.1, -0.05) is 19.1 Å². The number of nitrogens with one attached hydrogen (secondary N) is 1. The summed E-state index contributed by atoms with van der Waals surface area (Å²) in [5, 5.41) is 3.31. The molecule has 0 atom stereocenters. The van der Waals surface area contributed by atoms with E-state index in [1.54, 1.807) is 13.3 Å². The Morgan fingerprint density at radius 1 is 1.24 bits per heavy atom. The molecule has 1 aromatic heterocycles. The molecule has 2 rings (SSSR count). The summed E-state index contributed by atoms with van der Waals surface area (Å²) in [7, 11) is 1.63. The SMILES string of the molecule is CCCNc1ncccc1COc1c(Br)cccc1OC. The first-order chi connectivity index (χ1) is 10.3. The molecular weight excluding hydrogens is 332 g/mol. The molecule has 0 amide bonds. The minimum absolute atomic E-state index is 0.429. The van der Waals surface area contributed by atoms with Gasteiger partial charge in [0.15, 0.2) is 11.5 Å². The average molecular weight is 351 g/mol. The van der Waals surface area contributed by atoms with E-state index in [0.29, 0.717) is 18.1 Å². The molecule has 1 N–H and O–H groups in total. The van der Waals surface area contributed by atoms with E-state index in [9.17, 15) is 0 Å². The summed E-state index contributed by atoms with van der Waals surface area (Å²) >= 11 is 3.49. The minimum Gasteiger partial charge on any atom is -0.493 e. The van der Waals surface area contributed by atoms with Crippen LogP contribution in [0.3, 0.4) is 0 Å². The Morgan fingerprint density at radius 2 is 2.10 bits per heavy atom. The van der Waals surface area contributed by atoms with Crippen LogP contribution in [0.5, 0.6) is 11.5 Å². The predicted octanol–water partition coefficient (Wildman–Crippen LogP) is 4.25. The maximum Gasteiger partial charge on any atom is 0.175 e. The fourth-order valence-corrected chi connectivity index (χ4v) is 2.36. The third-order valence-electron chi connectivity index (χ3n) is 2.96. The number of benzene rings is 1. The number of hydrogen-bond acceptors (Lipinski definition) is 4. The number of nitrogens with zero attached hydrogens (tertiary/aromatic N) is 1. The molecule has 0 radical (unpaired) electrons. The van der Waals surface area contributed by atoms with Crippen LogP contribution in [-0.4, -0.2) is 18.6 Å². The van der Waals surface area contributed by atoms with Gasteiger partial charge in [-0.15, -0.1) is 0 Å². The molecule has 4 nitrogen and oxygen atoms in total. The van der Waals surface area contributed by atoms with Crippen LogP contribution in [0, 0.1) is 0 Å². The smallest absolute Gasteiger partial charge is 0.175 e. The molecule has 0 aliphatic heterocycles. The first-order valence-corrected chi connectivity index (χ1v) is 7.68. The number of pyridine rings is 1. The van der Waals surface area contributed by atoms with Gasteiger partial charge < -0.3 is 14.8 Å². The van der Waals surface area contributed by atoms with Crippen LogP contribution in [-0.2, 0) is 6.61 Å². The van der Waals surface area contributed by atoms with Gasteiger partial charge in [-0.3, -0.25) is 0 Å². The standard InChI is InChI=1S/C16H19BrN2O2/c1-3-9-18-16-12(6-5-10-19-16)11-21-15-13(17)7-4-8-14(15)20-2/h4-8,10H,3,9,11H2,1-2H3,(H,18,19). The molecular formula is C16H19BrN2O2. The Kier molecular flexibility index (Phi) is 5.87. The molecule has 0 saturated heterocycles. The van der Waals surface area contributed by atoms with Crippen molar-refractivity contribution in [1.29, 1.82) is 0 Å². The Bertz CT molecular complexity index is 590. The molecule has 0 fully saturated rings. The molecule has 0 unspecified atom stereocenters. The van der Waals surface area contributed by atoms with Gasteiger partial charge in [-0.2, -0.15) is 0 Å². The number of ether oxygens (including phenoxy) is 2. The second-order valence-corrected chi connectivity index (χ2v) is 5.35. The Labute approximate surface area is 133 Å². The lowest BCUT2D eigenvalue weighted by Crippen LogP contribution is -2.07. The van der Waals surface area contributed by atoms with Gasteiger partial charge in [0, 0.05) is 18.3 Å². The Balaban J connectivity index is 2.13. The summed E-state index contributed by atoms with van der Waals surface area (Å²) in [5.41, 5.74) is 1.02. The molecule has 1 aromatic carbocycles. The van der Waals surface area contributed by atoms with Crippen molar-refractivity contribution >= 4 is 21.7 Å². The van der Waals surface area contributed by atoms with E-state index in [-0.39, 0.29) is 0 Å². The van der Waals surface area contributed by atoms with Crippen molar-refractivity contribution in [2.45, 2.75) is 20.0 Å². The number of methoxy groups -OCH3 is 1. The lowest BCUT2D eigenvalue weighted by molar-refractivity contribution is 0.283. The highest BCUT2D eigenvalue weighted by molar-refractivity contribution is 9.10. The number of anilines is 1. The van der Waals surface area contributed by atoms with Crippen molar-refractivity contribution in [3.05, 3.63) is 46.6 Å². The van der Waals surface area contributed by atoms with Crippen molar-refractivity contribution in [2.75, 3.05) is 19.0 Å². The van der Waals surface area contributed by atoms with Gasteiger partial charge in [0.2, 0.25) is 0 Å². The van der Waals surface area contributed by atoms with E-state index >= 15 is 0 Å². The van der Waals surface area contributed by atoms with Crippen molar-refractivity contribution in [3.63, 3.8) is 0 Å². The molecule has 0 aliphatic rings. The third kappa shape index (κ3) is 4.11. The second kappa shape index (κ2) is 7.88. The average Bonchev–Trinajstić information content (AvgIpc) is 2.52. The van der Waals surface area contributed by atoms with E-state index in [2.05, 4.69) is 33.2 Å². The lowest BCUT2D eigenvalue weighted by Gasteiger charge is -2.14. The second-order valence-electron chi connectivity index (χ2n) is 4.50. The zero-order chi connectivity index (χ0) is 15.1. The van der Waals surface area contributed by atoms with Crippen LogP contribution in [0.4, 0.5) is 5.82 Å². The highest BCUT2D eigenvalue weighted by Gasteiger charge is 2.10. The van der Waals surface area contributed by atoms with Crippen LogP contribution in [0.2, 0.25) is 0 Å². The van der Waals surface area contributed by atoms with Crippen molar-refractivity contribution in [2.24, 2.45) is 0 Å². The van der Waals surface area contributed by atoms with Crippen LogP contribution < -0.4 is 14.8 Å². The van der Waals surface area contributed by atoms with Gasteiger partial charge in [-0.25, -0.2) is 4.98 Å². The van der Waals surface area contributed by atoms with E-state index in [0.717, 1.165) is 28.8 Å². The maximum absolute atomic E-state index is 5.91. The summed E-state index contributed by atoms with van der Waals surface area (Å²) in [5.74, 6) is 2.27. The largest absolute Gasteiger partial charge is 0.493 e. The van der Waals surface area contributed by atoms with Gasteiger partial charge in [0.25, 0.3) is 0 Å². The number of aromatic nitrogens is 1. The van der Waals surface area contributed by atoms with E-state index in [1.165, 1.54) is 0 Å². The number of hydrogen-bond donors (Lipinski definition) is 1. The van der Waals surface area contributed by atoms with E-state index in [1.807, 2.05) is 30.3 Å². The fraction of sp³-hybridized carbons (Fsp3) is 0.312. The highest BCUT2D eigenvalue weighted by Crippen LogP contribution is 2.35.